The zero-order valence-corrected chi connectivity index (χ0v) is 20.4. The van der Waals surface area contributed by atoms with Crippen LogP contribution in [-0.4, -0.2) is 9.38 Å². The Bertz CT molecular complexity index is 1580. The molecule has 3 aromatic carbocycles. The minimum absolute atomic E-state index is 0.0356. The lowest BCUT2D eigenvalue weighted by molar-refractivity contribution is 0.304. The lowest BCUT2D eigenvalue weighted by atomic mass is 10.1. The summed E-state index contributed by atoms with van der Waals surface area (Å²) < 4.78 is 9.19. The number of rotatable bonds is 4. The van der Waals surface area contributed by atoms with Crippen molar-refractivity contribution in [1.82, 2.24) is 9.38 Å². The summed E-state index contributed by atoms with van der Waals surface area (Å²) in [7, 11) is 0. The molecule has 0 saturated carbocycles. The average molecular weight is 505 g/mol. The number of fused-ring (bicyclic) bond motifs is 3. The van der Waals surface area contributed by atoms with Crippen molar-refractivity contribution in [3.05, 3.63) is 102 Å². The van der Waals surface area contributed by atoms with E-state index in [0.717, 1.165) is 42.9 Å². The van der Waals surface area contributed by atoms with Gasteiger partial charge in [-0.05, 0) is 89.3 Å². The third-order valence-electron chi connectivity index (χ3n) is 5.62. The number of halogens is 1. The van der Waals surface area contributed by atoms with Crippen LogP contribution in [0.25, 0.3) is 22.1 Å². The number of benzene rings is 3. The average Bonchev–Trinajstić information content (AvgIpc) is 3.25. The second-order valence-corrected chi connectivity index (χ2v) is 9.90. The Labute approximate surface area is 197 Å². The van der Waals surface area contributed by atoms with Crippen LogP contribution in [0.4, 0.5) is 0 Å². The highest BCUT2D eigenvalue weighted by atomic mass is 79.9. The molecule has 0 saturated heterocycles. The molecule has 2 aromatic heterocycles. The zero-order valence-electron chi connectivity index (χ0n) is 18.0. The van der Waals surface area contributed by atoms with Crippen LogP contribution in [0.15, 0.2) is 63.9 Å². The predicted molar refractivity (Wildman–Crippen MR) is 135 cm³/mol. The largest absolute Gasteiger partial charge is 0.488 e. The van der Waals surface area contributed by atoms with E-state index in [9.17, 15) is 4.79 Å². The normalized spacial score (nSPS) is 12.2. The predicted octanol–water partition coefficient (Wildman–Crippen LogP) is 5.72. The van der Waals surface area contributed by atoms with Gasteiger partial charge in [-0.2, -0.15) is 0 Å². The molecule has 0 amide bonds. The molecule has 0 aliphatic carbocycles. The number of nitrogens with zero attached hydrogens (tertiary/aromatic N) is 2. The number of aromatic nitrogens is 2. The first-order valence-corrected chi connectivity index (χ1v) is 11.9. The number of hydrogen-bond acceptors (Lipinski definition) is 4. The monoisotopic (exact) mass is 504 g/mol. The molecule has 0 bridgehead atoms. The summed E-state index contributed by atoms with van der Waals surface area (Å²) in [4.78, 5) is 18.5. The Morgan fingerprint density at radius 3 is 2.53 bits per heavy atom. The third kappa shape index (κ3) is 3.85. The molecule has 0 spiro atoms. The van der Waals surface area contributed by atoms with Crippen molar-refractivity contribution >= 4 is 49.3 Å². The molecule has 6 heteroatoms. The number of aryl methyl sites for hydroxylation is 3. The summed E-state index contributed by atoms with van der Waals surface area (Å²) >= 11 is 5.01. The molecule has 0 aliphatic heterocycles. The molecule has 160 valence electrons. The summed E-state index contributed by atoms with van der Waals surface area (Å²) in [5, 5.41) is 0. The van der Waals surface area contributed by atoms with Crippen LogP contribution in [-0.2, 0) is 6.61 Å². The molecule has 5 aromatic rings. The van der Waals surface area contributed by atoms with Gasteiger partial charge in [0.05, 0.1) is 20.0 Å². The first kappa shape index (κ1) is 20.9. The minimum Gasteiger partial charge on any atom is -0.488 e. The SMILES string of the molecule is Cc1ccc(COc2ccc(/C=c3\sc4nc5cc(C)c(C)cc5n4c3=O)cc2Br)cc1. The van der Waals surface area contributed by atoms with Gasteiger partial charge in [0.1, 0.15) is 12.4 Å². The van der Waals surface area contributed by atoms with Crippen molar-refractivity contribution in [3.63, 3.8) is 0 Å². The maximum absolute atomic E-state index is 13.1. The van der Waals surface area contributed by atoms with E-state index in [1.54, 1.807) is 4.40 Å². The number of ether oxygens (including phenoxy) is 1. The lowest BCUT2D eigenvalue weighted by Crippen LogP contribution is -2.22. The van der Waals surface area contributed by atoms with Gasteiger partial charge in [-0.1, -0.05) is 47.2 Å². The van der Waals surface area contributed by atoms with Crippen molar-refractivity contribution in [2.75, 3.05) is 0 Å². The van der Waals surface area contributed by atoms with Crippen molar-refractivity contribution in [1.29, 1.82) is 0 Å². The Morgan fingerprint density at radius 1 is 1.03 bits per heavy atom. The van der Waals surface area contributed by atoms with Crippen molar-refractivity contribution in [3.8, 4) is 5.75 Å². The number of hydrogen-bond donors (Lipinski definition) is 0. The van der Waals surface area contributed by atoms with Crippen molar-refractivity contribution < 1.29 is 4.74 Å². The van der Waals surface area contributed by atoms with Gasteiger partial charge in [-0.3, -0.25) is 4.79 Å². The van der Waals surface area contributed by atoms with Gasteiger partial charge in [0, 0.05) is 0 Å². The second-order valence-electron chi connectivity index (χ2n) is 8.03. The summed E-state index contributed by atoms with van der Waals surface area (Å²) in [6.45, 7) is 6.68. The van der Waals surface area contributed by atoms with Crippen LogP contribution in [0.1, 0.15) is 27.8 Å². The molecular formula is C26H21BrN2O2S. The molecule has 2 heterocycles. The molecule has 0 radical (unpaired) electrons. The molecular weight excluding hydrogens is 484 g/mol. The van der Waals surface area contributed by atoms with Crippen LogP contribution in [0.2, 0.25) is 0 Å². The van der Waals surface area contributed by atoms with E-state index in [2.05, 4.69) is 66.0 Å². The highest BCUT2D eigenvalue weighted by molar-refractivity contribution is 9.10. The van der Waals surface area contributed by atoms with Crippen molar-refractivity contribution in [2.24, 2.45) is 0 Å². The standard InChI is InChI=1S/C26H21BrN2O2S/c1-15-4-6-18(7-5-15)14-31-23-9-8-19(12-20(23)27)13-24-25(30)29-22-11-17(3)16(2)10-21(22)28-26(29)32-24/h4-13H,14H2,1-3H3/b24-13-. The van der Waals surface area contributed by atoms with Crippen LogP contribution in [0.3, 0.4) is 0 Å². The van der Waals surface area contributed by atoms with Gasteiger partial charge in [0.2, 0.25) is 0 Å². The van der Waals surface area contributed by atoms with Crippen LogP contribution in [0, 0.1) is 20.8 Å². The summed E-state index contributed by atoms with van der Waals surface area (Å²) in [5.74, 6) is 0.767. The maximum Gasteiger partial charge on any atom is 0.274 e. The second kappa shape index (κ2) is 8.19. The first-order chi connectivity index (χ1) is 15.4. The fourth-order valence-corrected chi connectivity index (χ4v) is 5.14. The molecule has 5 rings (SSSR count). The van der Waals surface area contributed by atoms with Gasteiger partial charge in [-0.15, -0.1) is 0 Å². The van der Waals surface area contributed by atoms with Crippen LogP contribution in [0.5, 0.6) is 5.75 Å². The minimum atomic E-state index is -0.0356. The number of imidazole rings is 1. The fourth-order valence-electron chi connectivity index (χ4n) is 3.64. The number of thiazole rings is 1. The van der Waals surface area contributed by atoms with E-state index in [-0.39, 0.29) is 5.56 Å². The van der Waals surface area contributed by atoms with Gasteiger partial charge < -0.3 is 4.74 Å². The van der Waals surface area contributed by atoms with E-state index in [4.69, 9.17) is 4.74 Å². The molecule has 0 unspecified atom stereocenters. The summed E-state index contributed by atoms with van der Waals surface area (Å²) in [5.41, 5.74) is 7.30. The van der Waals surface area contributed by atoms with E-state index < -0.39 is 0 Å². The Hall–Kier alpha value is -2.96. The Kier molecular flexibility index (Phi) is 5.35. The van der Waals surface area contributed by atoms with Gasteiger partial charge in [0.25, 0.3) is 5.56 Å². The molecule has 0 atom stereocenters. The Balaban J connectivity index is 1.46. The van der Waals surface area contributed by atoms with E-state index in [1.807, 2.05) is 36.4 Å². The van der Waals surface area contributed by atoms with Gasteiger partial charge in [0.15, 0.2) is 4.96 Å². The Morgan fingerprint density at radius 2 is 1.78 bits per heavy atom. The topological polar surface area (TPSA) is 43.6 Å². The lowest BCUT2D eigenvalue weighted by Gasteiger charge is -2.09. The summed E-state index contributed by atoms with van der Waals surface area (Å²) in [6.07, 6.45) is 1.91. The van der Waals surface area contributed by atoms with E-state index >= 15 is 0 Å². The van der Waals surface area contributed by atoms with Crippen LogP contribution >= 0.6 is 27.3 Å². The fraction of sp³-hybridized carbons (Fsp3) is 0.154. The molecule has 4 nitrogen and oxygen atoms in total. The van der Waals surface area contributed by atoms with Crippen LogP contribution < -0.4 is 14.8 Å². The quantitative estimate of drug-likeness (QED) is 0.314. The smallest absolute Gasteiger partial charge is 0.274 e. The maximum atomic E-state index is 13.1. The zero-order chi connectivity index (χ0) is 22.4. The van der Waals surface area contributed by atoms with E-state index in [0.29, 0.717) is 11.1 Å². The highest BCUT2D eigenvalue weighted by Crippen LogP contribution is 2.27. The van der Waals surface area contributed by atoms with Crippen molar-refractivity contribution in [2.45, 2.75) is 27.4 Å². The molecule has 32 heavy (non-hydrogen) atoms. The summed E-state index contributed by atoms with van der Waals surface area (Å²) in [6, 6.07) is 18.2. The third-order valence-corrected chi connectivity index (χ3v) is 7.21. The van der Waals surface area contributed by atoms with E-state index in [1.165, 1.54) is 22.5 Å². The van der Waals surface area contributed by atoms with Gasteiger partial charge in [-0.25, -0.2) is 9.38 Å². The first-order valence-electron chi connectivity index (χ1n) is 10.3. The highest BCUT2D eigenvalue weighted by Gasteiger charge is 2.12. The molecule has 0 aliphatic rings. The molecule has 0 N–H and O–H groups in total. The van der Waals surface area contributed by atoms with Gasteiger partial charge >= 0.3 is 0 Å². The molecule has 0 fully saturated rings.